The summed E-state index contributed by atoms with van der Waals surface area (Å²) in [5.41, 5.74) is 2.84. The lowest BCUT2D eigenvalue weighted by atomic mass is 10.0. The normalized spacial score (nSPS) is 12.5. The van der Waals surface area contributed by atoms with Crippen LogP contribution < -0.4 is 10.2 Å². The Morgan fingerprint density at radius 2 is 1.77 bits per heavy atom. The molecule has 4 aromatic rings. The number of benzene rings is 3. The van der Waals surface area contributed by atoms with Crippen LogP contribution >= 0.6 is 11.3 Å². The summed E-state index contributed by atoms with van der Waals surface area (Å²) >= 11 is 1.60. The van der Waals surface area contributed by atoms with Crippen molar-refractivity contribution in [2.24, 2.45) is 0 Å². The number of carbonyl (C=O) groups excluding carboxylic acids is 1. The van der Waals surface area contributed by atoms with Gasteiger partial charge >= 0.3 is 6.18 Å². The van der Waals surface area contributed by atoms with E-state index in [9.17, 15) is 18.0 Å². The van der Waals surface area contributed by atoms with Crippen LogP contribution in [-0.4, -0.2) is 24.5 Å². The number of nitrogens with zero attached hydrogens (tertiary/aromatic N) is 2. The number of rotatable bonds is 8. The number of fused-ring (bicyclic) bond motifs is 1. The van der Waals surface area contributed by atoms with Crippen molar-refractivity contribution in [3.05, 3.63) is 94.5 Å². The van der Waals surface area contributed by atoms with Gasteiger partial charge < -0.3 is 10.2 Å². The number of amides is 1. The molecule has 0 saturated heterocycles. The summed E-state index contributed by atoms with van der Waals surface area (Å²) in [4.78, 5) is 19.7. The molecule has 0 bridgehead atoms. The van der Waals surface area contributed by atoms with Gasteiger partial charge in [-0.05, 0) is 61.2 Å². The molecule has 0 unspecified atom stereocenters. The van der Waals surface area contributed by atoms with Crippen LogP contribution in [0, 0.1) is 6.92 Å². The molecule has 35 heavy (non-hydrogen) atoms. The summed E-state index contributed by atoms with van der Waals surface area (Å²) in [6.45, 7) is 2.50. The van der Waals surface area contributed by atoms with E-state index in [0.717, 1.165) is 44.2 Å². The molecule has 3 aromatic carbocycles. The van der Waals surface area contributed by atoms with Crippen LogP contribution in [0.1, 0.15) is 34.2 Å². The van der Waals surface area contributed by atoms with E-state index in [1.54, 1.807) is 18.4 Å². The average molecular weight is 498 g/mol. The van der Waals surface area contributed by atoms with Gasteiger partial charge in [0, 0.05) is 19.3 Å². The number of hydrogen-bond donors (Lipinski definition) is 1. The Morgan fingerprint density at radius 3 is 2.43 bits per heavy atom. The van der Waals surface area contributed by atoms with Gasteiger partial charge in [0.1, 0.15) is 6.04 Å². The molecule has 0 fully saturated rings. The SMILES string of the molecule is CNC(=O)[C@H](c1ccccc1)N(CCCc1ccc(C(F)(F)F)cc1)c1ccc2nc(C)sc2c1. The molecule has 4 rings (SSSR count). The lowest BCUT2D eigenvalue weighted by molar-refractivity contribution is -0.137. The molecule has 0 aliphatic rings. The quantitative estimate of drug-likeness (QED) is 0.300. The van der Waals surface area contributed by atoms with Crippen molar-refractivity contribution in [1.82, 2.24) is 10.3 Å². The second kappa shape index (κ2) is 10.5. The van der Waals surface area contributed by atoms with E-state index in [1.807, 2.05) is 49.4 Å². The van der Waals surface area contributed by atoms with Gasteiger partial charge in [0.05, 0.1) is 20.8 Å². The molecule has 1 atom stereocenters. The van der Waals surface area contributed by atoms with Crippen LogP contribution in [0.3, 0.4) is 0 Å². The molecule has 0 aliphatic carbocycles. The van der Waals surface area contributed by atoms with Crippen molar-refractivity contribution in [2.75, 3.05) is 18.5 Å². The maximum Gasteiger partial charge on any atom is 0.416 e. The number of carbonyl (C=O) groups is 1. The largest absolute Gasteiger partial charge is 0.416 e. The first-order valence-electron chi connectivity index (χ1n) is 11.3. The first-order chi connectivity index (χ1) is 16.8. The van der Waals surface area contributed by atoms with Crippen molar-refractivity contribution in [1.29, 1.82) is 0 Å². The molecule has 0 spiro atoms. The van der Waals surface area contributed by atoms with Gasteiger partial charge in [0.15, 0.2) is 0 Å². The molecule has 0 radical (unpaired) electrons. The summed E-state index contributed by atoms with van der Waals surface area (Å²) in [5.74, 6) is -0.133. The third-order valence-electron chi connectivity index (χ3n) is 5.88. The standard InChI is InChI=1S/C27H26F3N3OS/c1-18-32-23-15-14-22(17-24(23)35-18)33(25(26(34)31-2)20-8-4-3-5-9-20)16-6-7-19-10-12-21(13-11-19)27(28,29)30/h3-5,8-15,17,25H,6-7,16H2,1-2H3,(H,31,34)/t25-/m0/s1. The number of aryl methyl sites for hydroxylation is 2. The number of hydrogen-bond acceptors (Lipinski definition) is 4. The van der Waals surface area contributed by atoms with Crippen LogP contribution in [0.4, 0.5) is 18.9 Å². The van der Waals surface area contributed by atoms with Crippen LogP contribution in [0.25, 0.3) is 10.2 Å². The highest BCUT2D eigenvalue weighted by molar-refractivity contribution is 7.18. The Labute approximate surface area is 206 Å². The van der Waals surface area contributed by atoms with E-state index < -0.39 is 17.8 Å². The Morgan fingerprint density at radius 1 is 1.06 bits per heavy atom. The number of anilines is 1. The first kappa shape index (κ1) is 24.7. The Hall–Kier alpha value is -3.39. The number of alkyl halides is 3. The van der Waals surface area contributed by atoms with Gasteiger partial charge in [-0.25, -0.2) is 4.98 Å². The fourth-order valence-corrected chi connectivity index (χ4v) is 5.03. The molecule has 1 aromatic heterocycles. The predicted molar refractivity (Wildman–Crippen MR) is 135 cm³/mol. The van der Waals surface area contributed by atoms with Crippen molar-refractivity contribution >= 4 is 33.1 Å². The summed E-state index contributed by atoms with van der Waals surface area (Å²) in [6.07, 6.45) is -3.10. The molecule has 1 heterocycles. The number of thiazole rings is 1. The third-order valence-corrected chi connectivity index (χ3v) is 6.81. The molecule has 0 aliphatic heterocycles. The topological polar surface area (TPSA) is 45.2 Å². The summed E-state index contributed by atoms with van der Waals surface area (Å²) in [7, 11) is 1.62. The fraction of sp³-hybridized carbons (Fsp3) is 0.259. The smallest absolute Gasteiger partial charge is 0.357 e. The second-order valence-electron chi connectivity index (χ2n) is 8.30. The maximum atomic E-state index is 13.1. The Kier molecular flexibility index (Phi) is 7.40. The minimum absolute atomic E-state index is 0.133. The fourth-order valence-electron chi connectivity index (χ4n) is 4.17. The second-order valence-corrected chi connectivity index (χ2v) is 9.54. The molecule has 1 N–H and O–H groups in total. The van der Waals surface area contributed by atoms with Gasteiger partial charge in [-0.15, -0.1) is 11.3 Å². The number of halogens is 3. The highest BCUT2D eigenvalue weighted by Crippen LogP contribution is 2.33. The van der Waals surface area contributed by atoms with Crippen molar-refractivity contribution in [3.63, 3.8) is 0 Å². The average Bonchev–Trinajstić information content (AvgIpc) is 3.22. The first-order valence-corrected chi connectivity index (χ1v) is 12.1. The zero-order valence-corrected chi connectivity index (χ0v) is 20.3. The van der Waals surface area contributed by atoms with E-state index in [0.29, 0.717) is 19.4 Å². The number of aromatic nitrogens is 1. The van der Waals surface area contributed by atoms with Gasteiger partial charge in [0.2, 0.25) is 5.91 Å². The summed E-state index contributed by atoms with van der Waals surface area (Å²) in [5, 5.41) is 3.76. The van der Waals surface area contributed by atoms with E-state index >= 15 is 0 Å². The maximum absolute atomic E-state index is 13.1. The predicted octanol–water partition coefficient (Wildman–Crippen LogP) is 6.55. The van der Waals surface area contributed by atoms with Crippen LogP contribution in [0.5, 0.6) is 0 Å². The lowest BCUT2D eigenvalue weighted by Crippen LogP contribution is -2.40. The number of nitrogens with one attached hydrogen (secondary N) is 1. The van der Waals surface area contributed by atoms with Gasteiger partial charge in [-0.3, -0.25) is 4.79 Å². The monoisotopic (exact) mass is 497 g/mol. The van der Waals surface area contributed by atoms with E-state index in [-0.39, 0.29) is 5.91 Å². The highest BCUT2D eigenvalue weighted by atomic mass is 32.1. The molecule has 4 nitrogen and oxygen atoms in total. The van der Waals surface area contributed by atoms with Gasteiger partial charge in [-0.2, -0.15) is 13.2 Å². The zero-order valence-electron chi connectivity index (χ0n) is 19.5. The Balaban J connectivity index is 1.63. The minimum Gasteiger partial charge on any atom is -0.357 e. The molecule has 8 heteroatoms. The lowest BCUT2D eigenvalue weighted by Gasteiger charge is -2.33. The third kappa shape index (κ3) is 5.82. The molecular formula is C27H26F3N3OS. The Bertz CT molecular complexity index is 1290. The van der Waals surface area contributed by atoms with Gasteiger partial charge in [0.25, 0.3) is 0 Å². The van der Waals surface area contributed by atoms with Crippen LogP contribution in [-0.2, 0) is 17.4 Å². The number of likely N-dealkylation sites (N-methyl/N-ethyl adjacent to an activating group) is 1. The molecular weight excluding hydrogens is 471 g/mol. The van der Waals surface area contributed by atoms with Crippen molar-refractivity contribution in [3.8, 4) is 0 Å². The van der Waals surface area contributed by atoms with E-state index in [2.05, 4.69) is 21.3 Å². The molecule has 0 saturated carbocycles. The summed E-state index contributed by atoms with van der Waals surface area (Å²) in [6, 6.07) is 20.3. The van der Waals surface area contributed by atoms with E-state index in [1.165, 1.54) is 12.1 Å². The van der Waals surface area contributed by atoms with E-state index in [4.69, 9.17) is 0 Å². The zero-order chi connectivity index (χ0) is 25.0. The van der Waals surface area contributed by atoms with Gasteiger partial charge in [-0.1, -0.05) is 42.5 Å². The van der Waals surface area contributed by atoms with Crippen molar-refractivity contribution < 1.29 is 18.0 Å². The minimum atomic E-state index is -4.35. The highest BCUT2D eigenvalue weighted by Gasteiger charge is 2.30. The van der Waals surface area contributed by atoms with Crippen molar-refractivity contribution in [2.45, 2.75) is 32.0 Å². The summed E-state index contributed by atoms with van der Waals surface area (Å²) < 4.78 is 39.7. The molecule has 182 valence electrons. The van der Waals surface area contributed by atoms with Crippen LogP contribution in [0.2, 0.25) is 0 Å². The molecule has 1 amide bonds. The van der Waals surface area contributed by atoms with Crippen LogP contribution in [0.15, 0.2) is 72.8 Å².